The lowest BCUT2D eigenvalue weighted by molar-refractivity contribution is -0.0351. The molecule has 4 heteroatoms. The number of ether oxygens (including phenoxy) is 1. The van der Waals surface area contributed by atoms with Crippen molar-refractivity contribution in [3.63, 3.8) is 0 Å². The summed E-state index contributed by atoms with van der Waals surface area (Å²) in [6, 6.07) is 4.28. The molecule has 0 aliphatic carbocycles. The van der Waals surface area contributed by atoms with Gasteiger partial charge in [-0.3, -0.25) is 0 Å². The summed E-state index contributed by atoms with van der Waals surface area (Å²) < 4.78 is 19.3. The number of rotatable bonds is 5. The average molecular weight is 288 g/mol. The molecule has 0 aliphatic heterocycles. The number of hydrogen-bond acceptors (Lipinski definition) is 2. The van der Waals surface area contributed by atoms with Gasteiger partial charge in [-0.05, 0) is 43.1 Å². The Bertz CT molecular complexity index is 417. The molecule has 0 saturated heterocycles. The number of likely N-dealkylation sites (N-methyl/N-ethyl adjacent to an activating group) is 1. The van der Waals surface area contributed by atoms with Crippen LogP contribution in [0.5, 0.6) is 0 Å². The van der Waals surface area contributed by atoms with Gasteiger partial charge >= 0.3 is 0 Å². The zero-order chi connectivity index (χ0) is 14.6. The van der Waals surface area contributed by atoms with E-state index < -0.39 is 0 Å². The molecule has 0 radical (unpaired) electrons. The molecule has 2 atom stereocenters. The van der Waals surface area contributed by atoms with Crippen molar-refractivity contribution in [2.24, 2.45) is 5.41 Å². The standard InChI is InChI=1S/C15H23ClFNO/c1-6-19-14(15(2,3)4)13(18-5)11-9-10(17)7-8-12(11)16/h7-9,13-14,18H,6H2,1-5H3. The molecule has 1 aromatic carbocycles. The molecule has 1 aromatic rings. The Morgan fingerprint density at radius 3 is 2.47 bits per heavy atom. The fraction of sp³-hybridized carbons (Fsp3) is 0.600. The first-order chi connectivity index (χ1) is 8.81. The Morgan fingerprint density at radius 1 is 1.37 bits per heavy atom. The van der Waals surface area contributed by atoms with Crippen molar-refractivity contribution in [2.75, 3.05) is 13.7 Å². The predicted molar refractivity (Wildman–Crippen MR) is 78.1 cm³/mol. The van der Waals surface area contributed by atoms with Crippen molar-refractivity contribution < 1.29 is 9.13 Å². The lowest BCUT2D eigenvalue weighted by Crippen LogP contribution is -2.41. The quantitative estimate of drug-likeness (QED) is 0.877. The van der Waals surface area contributed by atoms with Crippen molar-refractivity contribution in [2.45, 2.75) is 39.8 Å². The smallest absolute Gasteiger partial charge is 0.123 e. The summed E-state index contributed by atoms with van der Waals surface area (Å²) in [5.41, 5.74) is 0.650. The second kappa shape index (κ2) is 6.69. The maximum atomic E-state index is 13.5. The van der Waals surface area contributed by atoms with E-state index in [-0.39, 0.29) is 23.4 Å². The fourth-order valence-electron chi connectivity index (χ4n) is 2.25. The minimum absolute atomic E-state index is 0.0840. The molecule has 2 unspecified atom stereocenters. The van der Waals surface area contributed by atoms with Crippen LogP contribution in [0.15, 0.2) is 18.2 Å². The van der Waals surface area contributed by atoms with Gasteiger partial charge in [-0.25, -0.2) is 4.39 Å². The number of nitrogens with one attached hydrogen (secondary N) is 1. The molecule has 108 valence electrons. The van der Waals surface area contributed by atoms with E-state index in [2.05, 4.69) is 26.1 Å². The molecule has 0 saturated carbocycles. The van der Waals surface area contributed by atoms with Gasteiger partial charge in [-0.2, -0.15) is 0 Å². The Labute approximate surface area is 120 Å². The van der Waals surface area contributed by atoms with E-state index in [4.69, 9.17) is 16.3 Å². The van der Waals surface area contributed by atoms with Crippen LogP contribution in [0.1, 0.15) is 39.3 Å². The Kier molecular flexibility index (Phi) is 5.78. The van der Waals surface area contributed by atoms with Gasteiger partial charge in [0.2, 0.25) is 0 Å². The van der Waals surface area contributed by atoms with E-state index in [0.717, 1.165) is 5.56 Å². The monoisotopic (exact) mass is 287 g/mol. The maximum Gasteiger partial charge on any atom is 0.123 e. The molecule has 0 spiro atoms. The summed E-state index contributed by atoms with van der Waals surface area (Å²) in [7, 11) is 1.84. The Morgan fingerprint density at radius 2 is 2.00 bits per heavy atom. The fourth-order valence-corrected chi connectivity index (χ4v) is 2.48. The Hall–Kier alpha value is -0.640. The van der Waals surface area contributed by atoms with Gasteiger partial charge in [0, 0.05) is 11.6 Å². The summed E-state index contributed by atoms with van der Waals surface area (Å²) >= 11 is 6.20. The highest BCUT2D eigenvalue weighted by Gasteiger charge is 2.34. The molecule has 1 rings (SSSR count). The van der Waals surface area contributed by atoms with Crippen LogP contribution in [0.3, 0.4) is 0 Å². The summed E-state index contributed by atoms with van der Waals surface area (Å²) in [4.78, 5) is 0. The largest absolute Gasteiger partial charge is 0.376 e. The number of hydrogen-bond donors (Lipinski definition) is 1. The van der Waals surface area contributed by atoms with Crippen molar-refractivity contribution in [3.05, 3.63) is 34.6 Å². The summed E-state index contributed by atoms with van der Waals surface area (Å²) in [5, 5.41) is 3.75. The Balaban J connectivity index is 3.19. The predicted octanol–water partition coefficient (Wildman–Crippen LogP) is 4.19. The van der Waals surface area contributed by atoms with Crippen LogP contribution in [0.2, 0.25) is 5.02 Å². The van der Waals surface area contributed by atoms with Crippen molar-refractivity contribution >= 4 is 11.6 Å². The van der Waals surface area contributed by atoms with Crippen LogP contribution >= 0.6 is 11.6 Å². The van der Waals surface area contributed by atoms with Crippen molar-refractivity contribution in [1.82, 2.24) is 5.32 Å². The van der Waals surface area contributed by atoms with Crippen LogP contribution < -0.4 is 5.32 Å². The summed E-state index contributed by atoms with van der Waals surface area (Å²) in [6.45, 7) is 8.87. The minimum Gasteiger partial charge on any atom is -0.376 e. The molecule has 1 N–H and O–H groups in total. The van der Waals surface area contributed by atoms with Crippen LogP contribution in [0.25, 0.3) is 0 Å². The van der Waals surface area contributed by atoms with Gasteiger partial charge < -0.3 is 10.1 Å². The zero-order valence-corrected chi connectivity index (χ0v) is 13.0. The molecule has 19 heavy (non-hydrogen) atoms. The molecule has 0 amide bonds. The summed E-state index contributed by atoms with van der Waals surface area (Å²) in [6.07, 6.45) is -0.0956. The van der Waals surface area contributed by atoms with Gasteiger partial charge in [0.25, 0.3) is 0 Å². The average Bonchev–Trinajstić information content (AvgIpc) is 2.32. The SMILES string of the molecule is CCOC(C(NC)c1cc(F)ccc1Cl)C(C)(C)C. The molecular formula is C15H23ClFNO. The third-order valence-electron chi connectivity index (χ3n) is 3.11. The molecule has 0 aromatic heterocycles. The first-order valence-corrected chi connectivity index (χ1v) is 6.92. The molecule has 2 nitrogen and oxygen atoms in total. The van der Waals surface area contributed by atoms with E-state index >= 15 is 0 Å². The van der Waals surface area contributed by atoms with Gasteiger partial charge in [-0.15, -0.1) is 0 Å². The van der Waals surface area contributed by atoms with Gasteiger partial charge in [0.15, 0.2) is 0 Å². The van der Waals surface area contributed by atoms with E-state index in [0.29, 0.717) is 11.6 Å². The van der Waals surface area contributed by atoms with Crippen molar-refractivity contribution in [1.29, 1.82) is 0 Å². The first kappa shape index (κ1) is 16.4. The highest BCUT2D eigenvalue weighted by Crippen LogP contribution is 2.35. The van der Waals surface area contributed by atoms with E-state index in [9.17, 15) is 4.39 Å². The van der Waals surface area contributed by atoms with Gasteiger partial charge in [0.1, 0.15) is 5.82 Å². The normalized spacial score (nSPS) is 15.3. The highest BCUT2D eigenvalue weighted by atomic mass is 35.5. The van der Waals surface area contributed by atoms with E-state index in [1.54, 1.807) is 6.07 Å². The molecule has 0 bridgehead atoms. The second-order valence-electron chi connectivity index (χ2n) is 5.67. The van der Waals surface area contributed by atoms with Crippen LogP contribution in [-0.4, -0.2) is 19.8 Å². The molecular weight excluding hydrogens is 265 g/mol. The van der Waals surface area contributed by atoms with E-state index in [1.165, 1.54) is 12.1 Å². The third kappa shape index (κ3) is 4.16. The topological polar surface area (TPSA) is 21.3 Å². The third-order valence-corrected chi connectivity index (χ3v) is 3.45. The molecule has 0 aliphatic rings. The minimum atomic E-state index is -0.288. The van der Waals surface area contributed by atoms with Crippen molar-refractivity contribution in [3.8, 4) is 0 Å². The van der Waals surface area contributed by atoms with Crippen LogP contribution in [0.4, 0.5) is 4.39 Å². The molecule has 0 heterocycles. The first-order valence-electron chi connectivity index (χ1n) is 6.55. The van der Waals surface area contributed by atoms with E-state index in [1.807, 2.05) is 14.0 Å². The summed E-state index contributed by atoms with van der Waals surface area (Å²) in [5.74, 6) is -0.288. The lowest BCUT2D eigenvalue weighted by Gasteiger charge is -2.37. The van der Waals surface area contributed by atoms with Gasteiger partial charge in [0.05, 0.1) is 12.1 Å². The number of halogens is 2. The zero-order valence-electron chi connectivity index (χ0n) is 12.3. The maximum absolute atomic E-state index is 13.5. The molecule has 0 fully saturated rings. The lowest BCUT2D eigenvalue weighted by atomic mass is 9.82. The highest BCUT2D eigenvalue weighted by molar-refractivity contribution is 6.31. The number of benzene rings is 1. The second-order valence-corrected chi connectivity index (χ2v) is 6.08. The van der Waals surface area contributed by atoms with Gasteiger partial charge in [-0.1, -0.05) is 32.4 Å². The van der Waals surface area contributed by atoms with Crippen LogP contribution in [-0.2, 0) is 4.74 Å². The van der Waals surface area contributed by atoms with Crippen LogP contribution in [0, 0.1) is 11.2 Å².